The van der Waals surface area contributed by atoms with Crippen molar-refractivity contribution in [3.8, 4) is 0 Å². The van der Waals surface area contributed by atoms with Crippen molar-refractivity contribution < 1.29 is 0 Å². The molecule has 1 saturated heterocycles. The molecule has 3 heteroatoms. The molecule has 0 aliphatic carbocycles. The van der Waals surface area contributed by atoms with Gasteiger partial charge in [0.2, 0.25) is 0 Å². The van der Waals surface area contributed by atoms with Crippen molar-refractivity contribution >= 4 is 15.9 Å². The highest BCUT2D eigenvalue weighted by molar-refractivity contribution is 9.10. The first kappa shape index (κ1) is 15.0. The summed E-state index contributed by atoms with van der Waals surface area (Å²) in [7, 11) is 0. The van der Waals surface area contributed by atoms with E-state index in [-0.39, 0.29) is 5.41 Å². The summed E-state index contributed by atoms with van der Waals surface area (Å²) < 4.78 is 1.15. The van der Waals surface area contributed by atoms with Crippen molar-refractivity contribution in [3.05, 3.63) is 34.3 Å². The molecule has 1 heterocycles. The highest BCUT2D eigenvalue weighted by atomic mass is 79.9. The summed E-state index contributed by atoms with van der Waals surface area (Å²) in [6, 6.07) is 9.59. The molecule has 2 unspecified atom stereocenters. The number of nitrogens with two attached hydrogens (primary N) is 1. The average Bonchev–Trinajstić information content (AvgIpc) is 2.36. The molecule has 19 heavy (non-hydrogen) atoms. The molecule has 2 rings (SSSR count). The number of benzene rings is 1. The molecule has 0 aromatic heterocycles. The second-order valence-corrected chi connectivity index (χ2v) is 7.25. The van der Waals surface area contributed by atoms with Crippen molar-refractivity contribution in [1.29, 1.82) is 0 Å². The van der Waals surface area contributed by atoms with Gasteiger partial charge in [-0.25, -0.2) is 0 Å². The number of halogens is 1. The highest BCUT2D eigenvalue weighted by Gasteiger charge is 2.35. The lowest BCUT2D eigenvalue weighted by atomic mass is 9.78. The van der Waals surface area contributed by atoms with Gasteiger partial charge in [-0.1, -0.05) is 48.8 Å². The lowest BCUT2D eigenvalue weighted by Gasteiger charge is -2.45. The highest BCUT2D eigenvalue weighted by Crippen LogP contribution is 2.34. The maximum absolute atomic E-state index is 6.24. The van der Waals surface area contributed by atoms with Crippen molar-refractivity contribution in [1.82, 2.24) is 4.90 Å². The quantitative estimate of drug-likeness (QED) is 0.911. The van der Waals surface area contributed by atoms with E-state index in [9.17, 15) is 0 Å². The first-order valence-corrected chi connectivity index (χ1v) is 7.98. The van der Waals surface area contributed by atoms with Crippen LogP contribution in [0, 0.1) is 5.41 Å². The van der Waals surface area contributed by atoms with Gasteiger partial charge in [0.05, 0.1) is 0 Å². The summed E-state index contributed by atoms with van der Waals surface area (Å²) in [5.74, 6) is 0. The summed E-state index contributed by atoms with van der Waals surface area (Å²) >= 11 is 3.51. The minimum absolute atomic E-state index is 0.209. The second-order valence-electron chi connectivity index (χ2n) is 6.33. The van der Waals surface area contributed by atoms with E-state index in [4.69, 9.17) is 5.73 Å². The van der Waals surface area contributed by atoms with Gasteiger partial charge in [0.1, 0.15) is 0 Å². The molecule has 2 atom stereocenters. The largest absolute Gasteiger partial charge is 0.327 e. The molecule has 0 spiro atoms. The fraction of sp³-hybridized carbons (Fsp3) is 0.625. The Kier molecular flexibility index (Phi) is 4.70. The number of nitrogens with zero attached hydrogens (tertiary/aromatic N) is 1. The number of hydrogen-bond donors (Lipinski definition) is 1. The Morgan fingerprint density at radius 3 is 2.53 bits per heavy atom. The summed E-state index contributed by atoms with van der Waals surface area (Å²) in [5.41, 5.74) is 7.87. The minimum Gasteiger partial charge on any atom is -0.327 e. The lowest BCUT2D eigenvalue weighted by molar-refractivity contribution is 0.0588. The summed E-state index contributed by atoms with van der Waals surface area (Å²) in [6.45, 7) is 9.05. The van der Waals surface area contributed by atoms with Gasteiger partial charge in [-0.3, -0.25) is 4.90 Å². The van der Waals surface area contributed by atoms with E-state index >= 15 is 0 Å². The van der Waals surface area contributed by atoms with Crippen LogP contribution >= 0.6 is 15.9 Å². The average molecular weight is 325 g/mol. The van der Waals surface area contributed by atoms with Gasteiger partial charge in [-0.05, 0) is 36.0 Å². The zero-order valence-electron chi connectivity index (χ0n) is 12.2. The predicted molar refractivity (Wildman–Crippen MR) is 85.1 cm³/mol. The third-order valence-electron chi connectivity index (χ3n) is 4.42. The second kappa shape index (κ2) is 5.94. The maximum Gasteiger partial charge on any atom is 0.0345 e. The Morgan fingerprint density at radius 1 is 1.37 bits per heavy atom. The molecular weight excluding hydrogens is 300 g/mol. The topological polar surface area (TPSA) is 29.3 Å². The van der Waals surface area contributed by atoms with Gasteiger partial charge >= 0.3 is 0 Å². The molecule has 1 fully saturated rings. The normalized spacial score (nSPS) is 25.2. The van der Waals surface area contributed by atoms with Crippen LogP contribution in [0.15, 0.2) is 28.7 Å². The van der Waals surface area contributed by atoms with Gasteiger partial charge in [-0.2, -0.15) is 0 Å². The number of hydrogen-bond acceptors (Lipinski definition) is 2. The van der Waals surface area contributed by atoms with E-state index in [2.05, 4.69) is 65.9 Å². The Morgan fingerprint density at radius 2 is 2.00 bits per heavy atom. The van der Waals surface area contributed by atoms with Gasteiger partial charge in [0, 0.05) is 29.6 Å². The van der Waals surface area contributed by atoms with E-state index in [1.54, 1.807) is 0 Å². The summed E-state index contributed by atoms with van der Waals surface area (Å²) in [5, 5.41) is 0. The van der Waals surface area contributed by atoms with E-state index in [1.807, 2.05) is 0 Å². The van der Waals surface area contributed by atoms with E-state index < -0.39 is 0 Å². The Bertz CT molecular complexity index is 413. The van der Waals surface area contributed by atoms with E-state index in [1.165, 1.54) is 5.56 Å². The van der Waals surface area contributed by atoms with Gasteiger partial charge < -0.3 is 5.73 Å². The minimum atomic E-state index is 0.209. The standard InChI is InChI=1S/C16H25BrN2/c1-4-14(12-5-7-13(17)8-6-12)19-10-9-15(18)16(2,3)11-19/h5-8,14-15H,4,9-11,18H2,1-3H3. The molecule has 0 bridgehead atoms. The maximum atomic E-state index is 6.24. The van der Waals surface area contributed by atoms with E-state index in [0.717, 1.165) is 30.4 Å². The van der Waals surface area contributed by atoms with Gasteiger partial charge in [-0.15, -0.1) is 0 Å². The van der Waals surface area contributed by atoms with Crippen LogP contribution < -0.4 is 5.73 Å². The van der Waals surface area contributed by atoms with Crippen LogP contribution in [0.2, 0.25) is 0 Å². The summed E-state index contributed by atoms with van der Waals surface area (Å²) in [6.07, 6.45) is 2.24. The van der Waals surface area contributed by atoms with Crippen LogP contribution in [-0.2, 0) is 0 Å². The SMILES string of the molecule is CCC(c1ccc(Br)cc1)N1CCC(N)C(C)(C)C1. The van der Waals surface area contributed by atoms with Crippen LogP contribution in [0.1, 0.15) is 45.2 Å². The third kappa shape index (κ3) is 3.39. The molecule has 1 aromatic carbocycles. The first-order chi connectivity index (χ1) is 8.94. The van der Waals surface area contributed by atoms with Crippen molar-refractivity contribution in [2.24, 2.45) is 11.1 Å². The molecule has 0 saturated carbocycles. The molecule has 2 N–H and O–H groups in total. The Balaban J connectivity index is 2.16. The van der Waals surface area contributed by atoms with Crippen LogP contribution in [-0.4, -0.2) is 24.0 Å². The van der Waals surface area contributed by atoms with Crippen LogP contribution in [0.4, 0.5) is 0 Å². The predicted octanol–water partition coefficient (Wildman–Crippen LogP) is 3.96. The molecule has 0 amide bonds. The monoisotopic (exact) mass is 324 g/mol. The van der Waals surface area contributed by atoms with Gasteiger partial charge in [0.25, 0.3) is 0 Å². The number of piperidine rings is 1. The summed E-state index contributed by atoms with van der Waals surface area (Å²) in [4.78, 5) is 2.60. The van der Waals surface area contributed by atoms with Crippen molar-refractivity contribution in [3.63, 3.8) is 0 Å². The molecule has 1 aliphatic rings. The van der Waals surface area contributed by atoms with Crippen LogP contribution in [0.25, 0.3) is 0 Å². The molecule has 1 aliphatic heterocycles. The van der Waals surface area contributed by atoms with Crippen molar-refractivity contribution in [2.75, 3.05) is 13.1 Å². The lowest BCUT2D eigenvalue weighted by Crippen LogP contribution is -2.53. The molecule has 2 nitrogen and oxygen atoms in total. The first-order valence-electron chi connectivity index (χ1n) is 7.19. The number of rotatable bonds is 3. The van der Waals surface area contributed by atoms with E-state index in [0.29, 0.717) is 12.1 Å². The molecule has 106 valence electrons. The fourth-order valence-corrected chi connectivity index (χ4v) is 3.34. The zero-order valence-corrected chi connectivity index (χ0v) is 13.8. The number of likely N-dealkylation sites (tertiary alicyclic amines) is 1. The Hall–Kier alpha value is -0.380. The molecule has 0 radical (unpaired) electrons. The molecule has 1 aromatic rings. The van der Waals surface area contributed by atoms with Crippen LogP contribution in [0.3, 0.4) is 0 Å². The Labute approximate surface area is 125 Å². The zero-order chi connectivity index (χ0) is 14.0. The molecular formula is C16H25BrN2. The fourth-order valence-electron chi connectivity index (χ4n) is 3.07. The van der Waals surface area contributed by atoms with Crippen molar-refractivity contribution in [2.45, 2.75) is 45.7 Å². The van der Waals surface area contributed by atoms with Crippen LogP contribution in [0.5, 0.6) is 0 Å². The smallest absolute Gasteiger partial charge is 0.0345 e. The van der Waals surface area contributed by atoms with Gasteiger partial charge in [0.15, 0.2) is 0 Å². The third-order valence-corrected chi connectivity index (χ3v) is 4.95.